The molecule has 2 heterocycles. The predicted octanol–water partition coefficient (Wildman–Crippen LogP) is 3.15. The van der Waals surface area contributed by atoms with E-state index in [0.717, 1.165) is 10.4 Å². The zero-order valence-electron chi connectivity index (χ0n) is 12.9. The highest BCUT2D eigenvalue weighted by Crippen LogP contribution is 2.23. The van der Waals surface area contributed by atoms with Gasteiger partial charge in [0.1, 0.15) is 30.0 Å². The summed E-state index contributed by atoms with van der Waals surface area (Å²) in [5.74, 6) is 0.626. The Labute approximate surface area is 144 Å². The molecular formula is C18H16N4OS. The molecule has 0 aliphatic carbocycles. The smallest absolute Gasteiger partial charge is 0.145 e. The molecule has 24 heavy (non-hydrogen) atoms. The highest BCUT2D eigenvalue weighted by Gasteiger charge is 2.17. The van der Waals surface area contributed by atoms with Gasteiger partial charge < -0.3 is 10.0 Å². The minimum absolute atomic E-state index is 0.309. The quantitative estimate of drug-likeness (QED) is 0.748. The summed E-state index contributed by atoms with van der Waals surface area (Å²) < 4.78 is 0. The molecule has 5 nitrogen and oxygen atoms in total. The lowest BCUT2D eigenvalue weighted by Crippen LogP contribution is -2.29. The Morgan fingerprint density at radius 1 is 1.17 bits per heavy atom. The molecule has 6 heteroatoms. The number of aromatic nitrogens is 2. The van der Waals surface area contributed by atoms with Gasteiger partial charge in [0, 0.05) is 17.5 Å². The fraction of sp³-hybridized carbons (Fsp3) is 0.167. The first-order chi connectivity index (χ1) is 11.8. The van der Waals surface area contributed by atoms with E-state index in [1.165, 1.54) is 17.7 Å². The number of anilines is 1. The molecule has 0 bridgehead atoms. The van der Waals surface area contributed by atoms with Crippen molar-refractivity contribution in [1.82, 2.24) is 9.97 Å². The second kappa shape index (κ2) is 7.68. The van der Waals surface area contributed by atoms with Crippen LogP contribution in [0, 0.1) is 11.3 Å². The van der Waals surface area contributed by atoms with Crippen molar-refractivity contribution in [1.29, 1.82) is 5.26 Å². The Hall–Kier alpha value is -2.75. The number of hydrogen-bond acceptors (Lipinski definition) is 6. The topological polar surface area (TPSA) is 73.0 Å². The van der Waals surface area contributed by atoms with Crippen molar-refractivity contribution in [3.05, 3.63) is 76.4 Å². The average Bonchev–Trinajstić information content (AvgIpc) is 3.17. The first-order valence-corrected chi connectivity index (χ1v) is 8.36. The molecule has 0 saturated carbocycles. The van der Waals surface area contributed by atoms with Gasteiger partial charge in [0.25, 0.3) is 0 Å². The highest BCUT2D eigenvalue weighted by atomic mass is 32.1. The summed E-state index contributed by atoms with van der Waals surface area (Å²) in [5, 5.41) is 21.5. The minimum Gasteiger partial charge on any atom is -0.386 e. The first-order valence-electron chi connectivity index (χ1n) is 7.49. The van der Waals surface area contributed by atoms with Crippen LogP contribution in [0.2, 0.25) is 0 Å². The molecule has 1 N–H and O–H groups in total. The van der Waals surface area contributed by atoms with Crippen LogP contribution in [0.25, 0.3) is 0 Å². The van der Waals surface area contributed by atoms with Crippen LogP contribution in [0.4, 0.5) is 5.82 Å². The van der Waals surface area contributed by atoms with Crippen LogP contribution in [-0.2, 0) is 6.54 Å². The van der Waals surface area contributed by atoms with Gasteiger partial charge in [-0.1, -0.05) is 36.4 Å². The molecule has 0 aliphatic rings. The highest BCUT2D eigenvalue weighted by molar-refractivity contribution is 7.10. The fourth-order valence-electron chi connectivity index (χ4n) is 2.40. The maximum Gasteiger partial charge on any atom is 0.145 e. The lowest BCUT2D eigenvalue weighted by molar-refractivity contribution is 0.186. The zero-order valence-corrected chi connectivity index (χ0v) is 13.7. The van der Waals surface area contributed by atoms with Crippen LogP contribution < -0.4 is 4.90 Å². The number of nitrogens with zero attached hydrogens (tertiary/aromatic N) is 4. The molecule has 3 aromatic rings. The van der Waals surface area contributed by atoms with E-state index in [9.17, 15) is 5.11 Å². The summed E-state index contributed by atoms with van der Waals surface area (Å²) in [7, 11) is 0. The number of aliphatic hydroxyl groups is 1. The normalized spacial score (nSPS) is 11.7. The molecule has 2 aromatic heterocycles. The second-order valence-corrected chi connectivity index (χ2v) is 6.25. The van der Waals surface area contributed by atoms with E-state index in [-0.39, 0.29) is 0 Å². The Morgan fingerprint density at radius 3 is 2.71 bits per heavy atom. The minimum atomic E-state index is -0.616. The van der Waals surface area contributed by atoms with Crippen molar-refractivity contribution < 1.29 is 5.11 Å². The van der Waals surface area contributed by atoms with Gasteiger partial charge >= 0.3 is 0 Å². The number of aliphatic hydroxyl groups excluding tert-OH is 1. The molecule has 1 atom stereocenters. The Morgan fingerprint density at radius 2 is 2.00 bits per heavy atom. The number of rotatable bonds is 6. The van der Waals surface area contributed by atoms with Crippen molar-refractivity contribution in [2.24, 2.45) is 0 Å². The van der Waals surface area contributed by atoms with E-state index >= 15 is 0 Å². The third kappa shape index (κ3) is 3.96. The zero-order chi connectivity index (χ0) is 16.8. The Bertz CT molecular complexity index is 815. The van der Waals surface area contributed by atoms with E-state index in [0.29, 0.717) is 24.6 Å². The third-order valence-electron chi connectivity index (χ3n) is 3.57. The van der Waals surface area contributed by atoms with Gasteiger partial charge in [0.05, 0.1) is 6.54 Å². The summed E-state index contributed by atoms with van der Waals surface area (Å²) in [5.41, 5.74) is 1.41. The van der Waals surface area contributed by atoms with Crippen LogP contribution >= 0.6 is 11.3 Å². The largest absolute Gasteiger partial charge is 0.386 e. The van der Waals surface area contributed by atoms with E-state index < -0.39 is 6.10 Å². The molecule has 0 fully saturated rings. The van der Waals surface area contributed by atoms with Crippen LogP contribution in [0.1, 0.15) is 22.2 Å². The molecule has 0 amide bonds. The number of thiophene rings is 1. The van der Waals surface area contributed by atoms with Gasteiger partial charge in [0.15, 0.2) is 0 Å². The second-order valence-electron chi connectivity index (χ2n) is 5.27. The molecular weight excluding hydrogens is 320 g/mol. The van der Waals surface area contributed by atoms with Crippen LogP contribution in [-0.4, -0.2) is 21.6 Å². The summed E-state index contributed by atoms with van der Waals surface area (Å²) in [6.07, 6.45) is 0.762. The van der Waals surface area contributed by atoms with Crippen molar-refractivity contribution in [2.75, 3.05) is 11.4 Å². The van der Waals surface area contributed by atoms with Crippen LogP contribution in [0.3, 0.4) is 0 Å². The number of hydrogen-bond donors (Lipinski definition) is 1. The van der Waals surface area contributed by atoms with Gasteiger partial charge in [-0.05, 0) is 17.0 Å². The van der Waals surface area contributed by atoms with E-state index in [1.54, 1.807) is 6.07 Å². The van der Waals surface area contributed by atoms with Crippen molar-refractivity contribution in [3.63, 3.8) is 0 Å². The van der Waals surface area contributed by atoms with Crippen molar-refractivity contribution in [2.45, 2.75) is 12.6 Å². The van der Waals surface area contributed by atoms with Gasteiger partial charge in [0.2, 0.25) is 0 Å². The van der Waals surface area contributed by atoms with Crippen molar-refractivity contribution in [3.8, 4) is 6.07 Å². The maximum atomic E-state index is 10.5. The van der Waals surface area contributed by atoms with E-state index in [2.05, 4.69) is 9.97 Å². The lowest BCUT2D eigenvalue weighted by Gasteiger charge is -2.26. The molecule has 1 aromatic carbocycles. The van der Waals surface area contributed by atoms with Crippen LogP contribution in [0.5, 0.6) is 0 Å². The predicted molar refractivity (Wildman–Crippen MR) is 93.5 cm³/mol. The van der Waals surface area contributed by atoms with Gasteiger partial charge in [-0.3, -0.25) is 0 Å². The molecule has 0 aliphatic heterocycles. The number of nitriles is 1. The van der Waals surface area contributed by atoms with E-state index in [1.807, 2.05) is 58.8 Å². The van der Waals surface area contributed by atoms with Crippen molar-refractivity contribution >= 4 is 17.2 Å². The summed E-state index contributed by atoms with van der Waals surface area (Å²) in [6.45, 7) is 0.975. The maximum absolute atomic E-state index is 10.5. The van der Waals surface area contributed by atoms with Gasteiger partial charge in [-0.15, -0.1) is 11.3 Å². The Balaban J connectivity index is 1.86. The summed E-state index contributed by atoms with van der Waals surface area (Å²) in [6, 6.07) is 17.5. The molecule has 0 radical (unpaired) electrons. The lowest BCUT2D eigenvalue weighted by atomic mass is 10.2. The Kier molecular flexibility index (Phi) is 5.16. The monoisotopic (exact) mass is 336 g/mol. The molecule has 0 spiro atoms. The summed E-state index contributed by atoms with van der Waals surface area (Å²) in [4.78, 5) is 11.1. The summed E-state index contributed by atoms with van der Waals surface area (Å²) >= 11 is 1.52. The van der Waals surface area contributed by atoms with Gasteiger partial charge in [-0.2, -0.15) is 5.26 Å². The first kappa shape index (κ1) is 16.1. The fourth-order valence-corrected chi connectivity index (χ4v) is 3.11. The number of benzene rings is 1. The molecule has 0 saturated heterocycles. The molecule has 3 rings (SSSR count). The van der Waals surface area contributed by atoms with Crippen LogP contribution in [0.15, 0.2) is 60.2 Å². The standard InChI is InChI=1S/C18H16N4OS/c19-10-15-9-18(21-13-20-15)22(11-14-5-2-1-3-6-14)12-16(23)17-7-4-8-24-17/h1-9,13,16,23H,11-12H2. The van der Waals surface area contributed by atoms with Gasteiger partial charge in [-0.25, -0.2) is 9.97 Å². The average molecular weight is 336 g/mol. The molecule has 120 valence electrons. The molecule has 1 unspecified atom stereocenters. The van der Waals surface area contributed by atoms with E-state index in [4.69, 9.17) is 5.26 Å². The third-order valence-corrected chi connectivity index (χ3v) is 4.55. The SMILES string of the molecule is N#Cc1cc(N(Cc2ccccc2)CC(O)c2cccs2)ncn1.